The van der Waals surface area contributed by atoms with Crippen molar-refractivity contribution >= 4 is 11.8 Å². The summed E-state index contributed by atoms with van der Waals surface area (Å²) in [6.07, 6.45) is -0.285. The predicted octanol–water partition coefficient (Wildman–Crippen LogP) is 1.15. The van der Waals surface area contributed by atoms with Crippen LogP contribution in [0.2, 0.25) is 0 Å². The number of ether oxygens (including phenoxy) is 1. The molecule has 1 aromatic carbocycles. The smallest absolute Gasteiger partial charge is 0.173 e. The number of aromatic nitrogens is 1. The topological polar surface area (TPSA) is 107 Å². The first kappa shape index (κ1) is 16.7. The minimum absolute atomic E-state index is 0.271. The second kappa shape index (κ2) is 7.20. The van der Waals surface area contributed by atoms with Gasteiger partial charge in [-0.2, -0.15) is 5.26 Å². The van der Waals surface area contributed by atoms with Gasteiger partial charge in [-0.1, -0.05) is 18.2 Å². The van der Waals surface area contributed by atoms with Crippen molar-refractivity contribution in [2.24, 2.45) is 0 Å². The van der Waals surface area contributed by atoms with Crippen molar-refractivity contribution in [1.29, 1.82) is 5.26 Å². The SMILES string of the molecule is N#Cc1ccccc1-c1cncc(O[C@@H]2SC[C@@H](O)[C@H](O)[C@H]2O)c1. The molecule has 2 heterocycles. The Morgan fingerprint density at radius 3 is 2.75 bits per heavy atom. The van der Waals surface area contributed by atoms with Gasteiger partial charge in [-0.05, 0) is 12.1 Å². The summed E-state index contributed by atoms with van der Waals surface area (Å²) in [6.45, 7) is 0. The van der Waals surface area contributed by atoms with Crippen LogP contribution in [0.5, 0.6) is 5.75 Å². The summed E-state index contributed by atoms with van der Waals surface area (Å²) in [5, 5.41) is 38.5. The molecule has 6 nitrogen and oxygen atoms in total. The lowest BCUT2D eigenvalue weighted by molar-refractivity contribution is -0.0786. The maximum Gasteiger partial charge on any atom is 0.173 e. The highest BCUT2D eigenvalue weighted by Crippen LogP contribution is 2.31. The number of nitriles is 1. The predicted molar refractivity (Wildman–Crippen MR) is 89.3 cm³/mol. The zero-order chi connectivity index (χ0) is 17.1. The third kappa shape index (κ3) is 3.37. The molecule has 1 fully saturated rings. The van der Waals surface area contributed by atoms with Crippen LogP contribution >= 0.6 is 11.8 Å². The maximum atomic E-state index is 10.0. The minimum atomic E-state index is -1.24. The van der Waals surface area contributed by atoms with Crippen LogP contribution in [-0.4, -0.2) is 49.8 Å². The van der Waals surface area contributed by atoms with E-state index in [-0.39, 0.29) is 5.75 Å². The van der Waals surface area contributed by atoms with E-state index in [9.17, 15) is 20.6 Å². The number of hydrogen-bond donors (Lipinski definition) is 3. The lowest BCUT2D eigenvalue weighted by Gasteiger charge is -2.34. The molecule has 0 unspecified atom stereocenters. The molecule has 0 bridgehead atoms. The fourth-order valence-corrected chi connectivity index (χ4v) is 3.60. The molecule has 4 atom stereocenters. The summed E-state index contributed by atoms with van der Waals surface area (Å²) in [7, 11) is 0. The van der Waals surface area contributed by atoms with Crippen LogP contribution in [0.1, 0.15) is 5.56 Å². The van der Waals surface area contributed by atoms with Gasteiger partial charge in [-0.25, -0.2) is 0 Å². The van der Waals surface area contributed by atoms with Crippen LogP contribution < -0.4 is 4.74 Å². The molecular formula is C17H16N2O4S. The number of aliphatic hydroxyl groups excluding tert-OH is 3. The number of benzene rings is 1. The molecule has 1 aliphatic rings. The zero-order valence-corrected chi connectivity index (χ0v) is 13.4. The van der Waals surface area contributed by atoms with E-state index in [1.54, 1.807) is 24.4 Å². The first-order valence-electron chi connectivity index (χ1n) is 7.37. The van der Waals surface area contributed by atoms with Crippen molar-refractivity contribution in [3.63, 3.8) is 0 Å². The fourth-order valence-electron chi connectivity index (χ4n) is 2.48. The number of hydrogen-bond acceptors (Lipinski definition) is 7. The molecule has 2 aromatic rings. The monoisotopic (exact) mass is 344 g/mol. The minimum Gasteiger partial charge on any atom is -0.475 e. The fraction of sp³-hybridized carbons (Fsp3) is 0.294. The van der Waals surface area contributed by atoms with E-state index in [1.807, 2.05) is 12.1 Å². The Labute approximate surface area is 143 Å². The molecule has 7 heteroatoms. The Hall–Kier alpha value is -2.11. The van der Waals surface area contributed by atoms with Gasteiger partial charge in [0.15, 0.2) is 5.44 Å². The Morgan fingerprint density at radius 2 is 1.96 bits per heavy atom. The van der Waals surface area contributed by atoms with E-state index in [0.29, 0.717) is 11.3 Å². The number of thioether (sulfide) groups is 1. The van der Waals surface area contributed by atoms with Gasteiger partial charge in [0, 0.05) is 23.1 Å². The molecule has 0 amide bonds. The molecule has 3 rings (SSSR count). The molecular weight excluding hydrogens is 328 g/mol. The lowest BCUT2D eigenvalue weighted by Crippen LogP contribution is -2.50. The zero-order valence-electron chi connectivity index (χ0n) is 12.6. The average molecular weight is 344 g/mol. The van der Waals surface area contributed by atoms with E-state index >= 15 is 0 Å². The molecule has 0 radical (unpaired) electrons. The molecule has 3 N–H and O–H groups in total. The van der Waals surface area contributed by atoms with Gasteiger partial charge < -0.3 is 20.1 Å². The summed E-state index contributed by atoms with van der Waals surface area (Å²) < 4.78 is 5.72. The standard InChI is InChI=1S/C17H16N2O4S/c18-6-10-3-1-2-4-13(10)11-5-12(8-19-7-11)23-17-16(22)15(21)14(20)9-24-17/h1-5,7-8,14-17,20-22H,9H2/t14-,15+,16-,17-/m1/s1. The Balaban J connectivity index is 1.83. The lowest BCUT2D eigenvalue weighted by atomic mass is 10.0. The first-order chi connectivity index (χ1) is 11.6. The third-order valence-electron chi connectivity index (χ3n) is 3.78. The molecule has 24 heavy (non-hydrogen) atoms. The molecule has 1 aromatic heterocycles. The van der Waals surface area contributed by atoms with E-state index in [1.165, 1.54) is 18.0 Å². The van der Waals surface area contributed by atoms with Crippen LogP contribution in [0, 0.1) is 11.3 Å². The number of pyridine rings is 1. The highest BCUT2D eigenvalue weighted by Gasteiger charge is 2.38. The van der Waals surface area contributed by atoms with E-state index < -0.39 is 23.7 Å². The van der Waals surface area contributed by atoms with Gasteiger partial charge >= 0.3 is 0 Å². The highest BCUT2D eigenvalue weighted by atomic mass is 32.2. The van der Waals surface area contributed by atoms with Gasteiger partial charge in [-0.3, -0.25) is 4.98 Å². The normalized spacial score (nSPS) is 26.6. The van der Waals surface area contributed by atoms with Crippen molar-refractivity contribution in [2.45, 2.75) is 23.7 Å². The molecule has 0 saturated carbocycles. The van der Waals surface area contributed by atoms with Crippen molar-refractivity contribution < 1.29 is 20.1 Å². The van der Waals surface area contributed by atoms with Gasteiger partial charge in [0.1, 0.15) is 18.0 Å². The van der Waals surface area contributed by atoms with E-state index in [2.05, 4.69) is 11.1 Å². The summed E-state index contributed by atoms with van der Waals surface area (Å²) in [4.78, 5) is 4.12. The van der Waals surface area contributed by atoms with Gasteiger partial charge in [0.25, 0.3) is 0 Å². The van der Waals surface area contributed by atoms with Crippen LogP contribution in [0.3, 0.4) is 0 Å². The van der Waals surface area contributed by atoms with Crippen molar-refractivity contribution in [2.75, 3.05) is 5.75 Å². The second-order valence-corrected chi connectivity index (χ2v) is 6.57. The van der Waals surface area contributed by atoms with Crippen molar-refractivity contribution in [3.8, 4) is 22.9 Å². The largest absolute Gasteiger partial charge is 0.475 e. The quantitative estimate of drug-likeness (QED) is 0.767. The summed E-state index contributed by atoms with van der Waals surface area (Å²) in [5.41, 5.74) is 1.29. The maximum absolute atomic E-state index is 10.0. The van der Waals surface area contributed by atoms with Gasteiger partial charge in [-0.15, -0.1) is 11.8 Å². The number of nitrogens with zero attached hydrogens (tertiary/aromatic N) is 2. The number of rotatable bonds is 3. The van der Waals surface area contributed by atoms with Gasteiger partial charge in [0.05, 0.1) is 23.9 Å². The Bertz CT molecular complexity index is 764. The van der Waals surface area contributed by atoms with Crippen LogP contribution in [0.15, 0.2) is 42.7 Å². The van der Waals surface area contributed by atoms with E-state index in [4.69, 9.17) is 4.74 Å². The second-order valence-electron chi connectivity index (χ2n) is 5.43. The van der Waals surface area contributed by atoms with Crippen molar-refractivity contribution in [3.05, 3.63) is 48.3 Å². The molecule has 1 aliphatic heterocycles. The van der Waals surface area contributed by atoms with Gasteiger partial charge in [0.2, 0.25) is 0 Å². The average Bonchev–Trinajstić information content (AvgIpc) is 2.62. The molecule has 0 aliphatic carbocycles. The summed E-state index contributed by atoms with van der Waals surface area (Å²) in [6, 6.07) is 11.0. The molecule has 1 saturated heterocycles. The third-order valence-corrected chi connectivity index (χ3v) is 5.02. The molecule has 124 valence electrons. The number of aliphatic hydroxyl groups is 3. The first-order valence-corrected chi connectivity index (χ1v) is 8.42. The van der Waals surface area contributed by atoms with Crippen molar-refractivity contribution in [1.82, 2.24) is 4.98 Å². The summed E-state index contributed by atoms with van der Waals surface area (Å²) in [5.74, 6) is 0.688. The van der Waals surface area contributed by atoms with E-state index in [0.717, 1.165) is 11.1 Å². The summed E-state index contributed by atoms with van der Waals surface area (Å²) >= 11 is 1.22. The van der Waals surface area contributed by atoms with Crippen LogP contribution in [0.4, 0.5) is 0 Å². The van der Waals surface area contributed by atoms with Crippen LogP contribution in [0.25, 0.3) is 11.1 Å². The highest BCUT2D eigenvalue weighted by molar-refractivity contribution is 7.99. The Morgan fingerprint density at radius 1 is 1.17 bits per heavy atom. The Kier molecular flexibility index (Phi) is 5.02. The van der Waals surface area contributed by atoms with Crippen LogP contribution in [-0.2, 0) is 0 Å². The molecule has 0 spiro atoms.